The normalized spacial score (nSPS) is 26.2. The summed E-state index contributed by atoms with van der Waals surface area (Å²) in [6.45, 7) is 4.66. The van der Waals surface area contributed by atoms with Crippen LogP contribution in [0.2, 0.25) is 0 Å². The number of anilines is 2. The molecule has 1 aliphatic carbocycles. The summed E-state index contributed by atoms with van der Waals surface area (Å²) in [5.41, 5.74) is 2.00. The van der Waals surface area contributed by atoms with E-state index in [2.05, 4.69) is 10.6 Å². The molecule has 1 aromatic carbocycles. The van der Waals surface area contributed by atoms with E-state index in [1.807, 2.05) is 36.1 Å². The Bertz CT molecular complexity index is 860. The zero-order valence-corrected chi connectivity index (χ0v) is 20.4. The second kappa shape index (κ2) is 11.1. The molecular weight excluding hydrogens is 457 g/mol. The lowest BCUT2D eigenvalue weighted by atomic mass is 9.85. The van der Waals surface area contributed by atoms with Gasteiger partial charge in [0.05, 0.1) is 11.8 Å². The third kappa shape index (κ3) is 6.61. The first kappa shape index (κ1) is 25.6. The van der Waals surface area contributed by atoms with Crippen molar-refractivity contribution < 1.29 is 22.8 Å². The Labute approximate surface area is 205 Å². The molecule has 6 nitrogen and oxygen atoms in total. The van der Waals surface area contributed by atoms with Crippen LogP contribution in [0.5, 0.6) is 0 Å². The van der Waals surface area contributed by atoms with E-state index in [9.17, 15) is 22.8 Å². The molecule has 1 atom stereocenters. The van der Waals surface area contributed by atoms with Crippen LogP contribution in [0.3, 0.4) is 0 Å². The number of hydrogen-bond acceptors (Lipinski definition) is 4. The fraction of sp³-hybridized carbons (Fsp3) is 0.692. The van der Waals surface area contributed by atoms with Gasteiger partial charge in [0.1, 0.15) is 0 Å². The van der Waals surface area contributed by atoms with Crippen molar-refractivity contribution in [1.29, 1.82) is 0 Å². The quantitative estimate of drug-likeness (QED) is 0.589. The molecule has 0 spiro atoms. The molecule has 35 heavy (non-hydrogen) atoms. The Hall–Kier alpha value is -2.45. The lowest BCUT2D eigenvalue weighted by Gasteiger charge is -2.34. The van der Waals surface area contributed by atoms with Gasteiger partial charge in [-0.15, -0.1) is 0 Å². The third-order valence-corrected chi connectivity index (χ3v) is 7.94. The number of piperidine rings is 1. The van der Waals surface area contributed by atoms with Gasteiger partial charge in [-0.2, -0.15) is 13.2 Å². The van der Waals surface area contributed by atoms with Gasteiger partial charge in [0.2, 0.25) is 11.8 Å². The topological polar surface area (TPSA) is 64.7 Å². The first-order valence-electron chi connectivity index (χ1n) is 13.0. The van der Waals surface area contributed by atoms with Crippen molar-refractivity contribution in [3.05, 3.63) is 24.3 Å². The minimum atomic E-state index is -4.09. The van der Waals surface area contributed by atoms with Crippen molar-refractivity contribution in [3.63, 3.8) is 0 Å². The van der Waals surface area contributed by atoms with Gasteiger partial charge in [-0.25, -0.2) is 0 Å². The summed E-state index contributed by atoms with van der Waals surface area (Å²) < 4.78 is 38.7. The minimum absolute atomic E-state index is 0.00253. The minimum Gasteiger partial charge on any atom is -0.382 e. The summed E-state index contributed by atoms with van der Waals surface area (Å²) in [6, 6.07) is 8.39. The smallest absolute Gasteiger partial charge is 0.382 e. The number of carbonyl (C=O) groups excluding carboxylic acids is 2. The Kier molecular flexibility index (Phi) is 8.12. The molecule has 1 aromatic rings. The van der Waals surface area contributed by atoms with Crippen molar-refractivity contribution in [1.82, 2.24) is 10.2 Å². The first-order chi connectivity index (χ1) is 16.7. The molecule has 4 rings (SSSR count). The van der Waals surface area contributed by atoms with Crippen molar-refractivity contribution in [2.75, 3.05) is 42.9 Å². The number of likely N-dealkylation sites (tertiary alicyclic amines) is 1. The third-order valence-electron chi connectivity index (χ3n) is 7.94. The molecule has 0 bridgehead atoms. The van der Waals surface area contributed by atoms with Gasteiger partial charge in [0, 0.05) is 56.6 Å². The molecule has 0 radical (unpaired) electrons. The molecule has 2 N–H and O–H groups in total. The van der Waals surface area contributed by atoms with Crippen LogP contribution in [0.4, 0.5) is 24.5 Å². The van der Waals surface area contributed by atoms with Gasteiger partial charge in [-0.05, 0) is 75.6 Å². The number of amides is 2. The van der Waals surface area contributed by atoms with E-state index in [-0.39, 0.29) is 30.6 Å². The van der Waals surface area contributed by atoms with Crippen LogP contribution in [-0.4, -0.2) is 61.7 Å². The lowest BCUT2D eigenvalue weighted by molar-refractivity contribution is -0.179. The largest absolute Gasteiger partial charge is 0.391 e. The standard InChI is InChI=1S/C26H37F3N4O2/c1-2-32-17-19(15-24(32)34)25(35)30-16-18-3-5-21(6-4-18)31-22-7-9-23(10-8-22)33-13-11-20(12-14-33)26(27,28)29/h7-10,18-21,31H,2-6,11-17H2,1H3,(H,30,35). The van der Waals surface area contributed by atoms with Crippen molar-refractivity contribution >= 4 is 23.2 Å². The van der Waals surface area contributed by atoms with E-state index in [1.165, 1.54) is 0 Å². The Balaban J connectivity index is 1.16. The van der Waals surface area contributed by atoms with Gasteiger partial charge in [0.25, 0.3) is 0 Å². The molecule has 194 valence electrons. The molecule has 1 unspecified atom stereocenters. The summed E-state index contributed by atoms with van der Waals surface area (Å²) in [5.74, 6) is -0.880. The van der Waals surface area contributed by atoms with Crippen molar-refractivity contribution in [3.8, 4) is 0 Å². The number of nitrogens with zero attached hydrogens (tertiary/aromatic N) is 2. The first-order valence-corrected chi connectivity index (χ1v) is 13.0. The number of hydrogen-bond donors (Lipinski definition) is 2. The molecule has 2 saturated heterocycles. The maximum absolute atomic E-state index is 12.9. The summed E-state index contributed by atoms with van der Waals surface area (Å²) >= 11 is 0. The molecule has 1 saturated carbocycles. The molecular formula is C26H37F3N4O2. The van der Waals surface area contributed by atoms with Gasteiger partial charge < -0.3 is 20.4 Å². The number of benzene rings is 1. The van der Waals surface area contributed by atoms with E-state index < -0.39 is 12.1 Å². The molecule has 3 fully saturated rings. The highest BCUT2D eigenvalue weighted by molar-refractivity contribution is 5.89. The van der Waals surface area contributed by atoms with Crippen molar-refractivity contribution in [2.24, 2.45) is 17.8 Å². The van der Waals surface area contributed by atoms with E-state index in [1.54, 1.807) is 4.90 Å². The van der Waals surface area contributed by atoms with Crippen LogP contribution >= 0.6 is 0 Å². The predicted octanol–water partition coefficient (Wildman–Crippen LogP) is 4.42. The zero-order valence-electron chi connectivity index (χ0n) is 20.4. The number of rotatable bonds is 7. The Morgan fingerprint density at radius 3 is 2.26 bits per heavy atom. The van der Waals surface area contributed by atoms with Gasteiger partial charge in [-0.3, -0.25) is 9.59 Å². The summed E-state index contributed by atoms with van der Waals surface area (Å²) in [7, 11) is 0. The van der Waals surface area contributed by atoms with Crippen LogP contribution in [0, 0.1) is 17.8 Å². The summed E-state index contributed by atoms with van der Waals surface area (Å²) in [5, 5.41) is 6.65. The number of alkyl halides is 3. The number of nitrogens with one attached hydrogen (secondary N) is 2. The van der Waals surface area contributed by atoms with Gasteiger partial charge >= 0.3 is 6.18 Å². The molecule has 9 heteroatoms. The average Bonchev–Trinajstić information content (AvgIpc) is 3.24. The van der Waals surface area contributed by atoms with E-state index in [0.717, 1.165) is 37.1 Å². The predicted molar refractivity (Wildman–Crippen MR) is 130 cm³/mol. The second-order valence-corrected chi connectivity index (χ2v) is 10.3. The molecule has 2 amide bonds. The monoisotopic (exact) mass is 494 g/mol. The highest BCUT2D eigenvalue weighted by atomic mass is 19.4. The van der Waals surface area contributed by atoms with E-state index >= 15 is 0 Å². The van der Waals surface area contributed by atoms with Crippen LogP contribution < -0.4 is 15.5 Å². The van der Waals surface area contributed by atoms with Crippen LogP contribution in [0.25, 0.3) is 0 Å². The summed E-state index contributed by atoms with van der Waals surface area (Å²) in [6.07, 6.45) is 0.673. The fourth-order valence-electron chi connectivity index (χ4n) is 5.62. The highest BCUT2D eigenvalue weighted by Gasteiger charge is 2.41. The molecule has 0 aromatic heterocycles. The second-order valence-electron chi connectivity index (χ2n) is 10.3. The van der Waals surface area contributed by atoms with E-state index in [4.69, 9.17) is 0 Å². The fourth-order valence-corrected chi connectivity index (χ4v) is 5.62. The van der Waals surface area contributed by atoms with Crippen molar-refractivity contribution in [2.45, 2.75) is 64.1 Å². The van der Waals surface area contributed by atoms with E-state index in [0.29, 0.717) is 51.1 Å². The van der Waals surface area contributed by atoms with Gasteiger partial charge in [0.15, 0.2) is 0 Å². The molecule has 2 heterocycles. The van der Waals surface area contributed by atoms with Crippen LogP contribution in [0.1, 0.15) is 51.9 Å². The zero-order chi connectivity index (χ0) is 25.0. The molecule has 3 aliphatic rings. The lowest BCUT2D eigenvalue weighted by Crippen LogP contribution is -2.39. The molecule has 2 aliphatic heterocycles. The Morgan fingerprint density at radius 1 is 1.03 bits per heavy atom. The number of halogens is 3. The maximum atomic E-state index is 12.9. The van der Waals surface area contributed by atoms with Gasteiger partial charge in [-0.1, -0.05) is 0 Å². The van der Waals surface area contributed by atoms with Crippen LogP contribution in [-0.2, 0) is 9.59 Å². The highest BCUT2D eigenvalue weighted by Crippen LogP contribution is 2.35. The SMILES string of the molecule is CCN1CC(C(=O)NCC2CCC(Nc3ccc(N4CCC(C(F)(F)F)CC4)cc3)CC2)CC1=O. The summed E-state index contributed by atoms with van der Waals surface area (Å²) in [4.78, 5) is 28.1. The number of carbonyl (C=O) groups is 2. The Morgan fingerprint density at radius 2 is 1.69 bits per heavy atom. The average molecular weight is 495 g/mol. The van der Waals surface area contributed by atoms with Crippen LogP contribution in [0.15, 0.2) is 24.3 Å². The maximum Gasteiger partial charge on any atom is 0.391 e.